The Hall–Kier alpha value is -1.59. The van der Waals surface area contributed by atoms with Crippen molar-refractivity contribution in [1.29, 1.82) is 0 Å². The van der Waals surface area contributed by atoms with Crippen molar-refractivity contribution < 1.29 is 14.0 Å². The fourth-order valence-electron chi connectivity index (χ4n) is 0.551. The van der Waals surface area contributed by atoms with Crippen LogP contribution in [-0.2, 0) is 0 Å². The second-order valence-corrected chi connectivity index (χ2v) is 1.69. The topological polar surface area (TPSA) is 89.7 Å². The van der Waals surface area contributed by atoms with E-state index in [1.165, 1.54) is 33.0 Å². The Morgan fingerprint density at radius 3 is 1.11 bits per heavy atom. The maximum atomic E-state index is 5.27. The van der Waals surface area contributed by atoms with E-state index in [0.717, 1.165) is 0 Å². The number of nitrogen functional groups attached to an aromatic ring is 3. The Labute approximate surface area is 51.7 Å². The van der Waals surface area contributed by atoms with E-state index in [0.29, 0.717) is 0 Å². The summed E-state index contributed by atoms with van der Waals surface area (Å²) in [6, 6.07) is 0. The fourth-order valence-corrected chi connectivity index (χ4v) is 0.551. The lowest BCUT2D eigenvalue weighted by atomic mass is 11.0. The average molecular weight is 129 g/mol. The fraction of sp³-hybridized carbons (Fsp3) is 0. The lowest BCUT2D eigenvalue weighted by molar-refractivity contribution is -0.896. The average Bonchev–Trinajstić information content (AvgIpc) is 1.59. The summed E-state index contributed by atoms with van der Waals surface area (Å²) in [4.78, 5) is 0. The molecule has 1 aromatic heterocycles. The highest BCUT2D eigenvalue weighted by molar-refractivity contribution is 4.14. The smallest absolute Gasteiger partial charge is 0.195 e. The second kappa shape index (κ2) is 1.73. The monoisotopic (exact) mass is 129 g/mol. The first-order valence-corrected chi connectivity index (χ1v) is 2.32. The van der Waals surface area contributed by atoms with Crippen molar-refractivity contribution in [3.8, 4) is 0 Å². The molecule has 1 rings (SSSR count). The zero-order valence-electron chi connectivity index (χ0n) is 4.81. The van der Waals surface area contributed by atoms with E-state index in [9.17, 15) is 0 Å². The van der Waals surface area contributed by atoms with E-state index in [4.69, 9.17) is 17.5 Å². The molecule has 0 aromatic carbocycles. The Bertz CT molecular complexity index is 169. The van der Waals surface area contributed by atoms with Gasteiger partial charge in [0.2, 0.25) is 0 Å². The van der Waals surface area contributed by atoms with Gasteiger partial charge in [-0.3, -0.25) is 0 Å². The highest BCUT2D eigenvalue weighted by atomic mass is 15.5. The molecule has 9 heavy (non-hydrogen) atoms. The molecule has 0 aliphatic carbocycles. The summed E-state index contributed by atoms with van der Waals surface area (Å²) < 4.78 is 3.75. The number of aromatic nitrogens is 3. The largest absolute Gasteiger partial charge is 0.473 e. The van der Waals surface area contributed by atoms with Crippen LogP contribution in [0.1, 0.15) is 0 Å². The van der Waals surface area contributed by atoms with Gasteiger partial charge in [-0.2, -0.15) is 17.5 Å². The molecule has 6 heteroatoms. The summed E-state index contributed by atoms with van der Waals surface area (Å²) in [7, 11) is 0. The normalized spacial score (nSPS) is 9.33. The lowest BCUT2D eigenvalue weighted by Crippen LogP contribution is -2.67. The number of rotatable bonds is 0. The summed E-state index contributed by atoms with van der Waals surface area (Å²) in [5, 5.41) is 0. The van der Waals surface area contributed by atoms with Crippen LogP contribution in [0.4, 0.5) is 0 Å². The van der Waals surface area contributed by atoms with Crippen LogP contribution in [-0.4, -0.2) is 0 Å². The number of hydrogen-bond donors (Lipinski definition) is 3. The van der Waals surface area contributed by atoms with Crippen molar-refractivity contribution in [2.75, 3.05) is 17.5 Å². The van der Waals surface area contributed by atoms with Gasteiger partial charge in [0.25, 0.3) is 0 Å². The van der Waals surface area contributed by atoms with Gasteiger partial charge in [-0.1, -0.05) is 0 Å². The van der Waals surface area contributed by atoms with E-state index in [-0.39, 0.29) is 0 Å². The Morgan fingerprint density at radius 1 is 0.667 bits per heavy atom. The summed E-state index contributed by atoms with van der Waals surface area (Å²) >= 11 is 0. The van der Waals surface area contributed by atoms with Gasteiger partial charge in [-0.15, -0.1) is 0 Å². The minimum atomic E-state index is 1.25. The molecule has 6 N–H and O–H groups in total. The van der Waals surface area contributed by atoms with Gasteiger partial charge in [-0.25, -0.2) is 0 Å². The maximum absolute atomic E-state index is 5.27. The summed E-state index contributed by atoms with van der Waals surface area (Å²) in [5.41, 5.74) is 0. The quantitative estimate of drug-likeness (QED) is 0.244. The predicted octanol–water partition coefficient (Wildman–Crippen LogP) is -4.31. The van der Waals surface area contributed by atoms with Gasteiger partial charge < -0.3 is 0 Å². The first kappa shape index (κ1) is 5.54. The van der Waals surface area contributed by atoms with Crippen LogP contribution >= 0.6 is 0 Å². The number of hydrogen-bond acceptors (Lipinski definition) is 3. The predicted molar refractivity (Wildman–Crippen MR) is 27.5 cm³/mol. The maximum Gasteiger partial charge on any atom is 0.473 e. The van der Waals surface area contributed by atoms with Crippen LogP contribution in [0.3, 0.4) is 0 Å². The van der Waals surface area contributed by atoms with Crippen LogP contribution in [0.25, 0.3) is 0 Å². The molecule has 0 saturated carbocycles. The van der Waals surface area contributed by atoms with Gasteiger partial charge in [-0.05, 0) is 0 Å². The molecule has 1 aromatic rings. The van der Waals surface area contributed by atoms with Gasteiger partial charge in [0, 0.05) is 14.0 Å². The zero-order chi connectivity index (χ0) is 6.85. The molecule has 0 aliphatic rings. The van der Waals surface area contributed by atoms with Crippen molar-refractivity contribution in [1.82, 2.24) is 0 Å². The molecule has 0 amide bonds. The molecule has 1 heterocycles. The van der Waals surface area contributed by atoms with Crippen molar-refractivity contribution in [3.05, 3.63) is 19.0 Å². The minimum Gasteiger partial charge on any atom is -0.195 e. The molecular weight excluding hydrogens is 120 g/mol. The van der Waals surface area contributed by atoms with Crippen molar-refractivity contribution in [2.24, 2.45) is 0 Å². The minimum absolute atomic E-state index is 1.25. The van der Waals surface area contributed by atoms with E-state index in [1.54, 1.807) is 0 Å². The van der Waals surface area contributed by atoms with Gasteiger partial charge in [0.05, 0.1) is 0 Å². The Balaban J connectivity index is 3.17. The second-order valence-electron chi connectivity index (χ2n) is 1.69. The summed E-state index contributed by atoms with van der Waals surface area (Å²) in [5.74, 6) is 15.8. The molecule has 6 nitrogen and oxygen atoms in total. The molecule has 0 spiro atoms. The van der Waals surface area contributed by atoms with Gasteiger partial charge in [0.15, 0.2) is 0 Å². The Kier molecular flexibility index (Phi) is 1.07. The summed E-state index contributed by atoms with van der Waals surface area (Å²) in [6.07, 6.45) is 4.43. The highest BCUT2D eigenvalue weighted by Gasteiger charge is 2.11. The SMILES string of the molecule is N[n+]1c[n+](N)c[n+](N)c1. The number of nitrogens with two attached hydrogens (primary N) is 3. The zero-order valence-corrected chi connectivity index (χ0v) is 4.81. The third-order valence-corrected chi connectivity index (χ3v) is 0.800. The third-order valence-electron chi connectivity index (χ3n) is 0.800. The molecule has 0 atom stereocenters. The molecule has 0 saturated heterocycles. The van der Waals surface area contributed by atoms with E-state index in [2.05, 4.69) is 0 Å². The molecule has 0 bridgehead atoms. The van der Waals surface area contributed by atoms with E-state index >= 15 is 0 Å². The molecule has 0 fully saturated rings. The first-order chi connectivity index (χ1) is 4.18. The van der Waals surface area contributed by atoms with Gasteiger partial charge >= 0.3 is 19.0 Å². The van der Waals surface area contributed by atoms with Crippen molar-refractivity contribution in [3.63, 3.8) is 0 Å². The molecule has 0 aliphatic heterocycles. The Morgan fingerprint density at radius 2 is 0.889 bits per heavy atom. The third kappa shape index (κ3) is 1.15. The van der Waals surface area contributed by atoms with Gasteiger partial charge in [0.1, 0.15) is 0 Å². The van der Waals surface area contributed by atoms with Crippen molar-refractivity contribution in [2.45, 2.75) is 0 Å². The first-order valence-electron chi connectivity index (χ1n) is 2.32. The molecule has 0 radical (unpaired) electrons. The van der Waals surface area contributed by atoms with Crippen LogP contribution < -0.4 is 31.6 Å². The highest BCUT2D eigenvalue weighted by Crippen LogP contribution is 1.42. The van der Waals surface area contributed by atoms with Crippen molar-refractivity contribution >= 4 is 0 Å². The van der Waals surface area contributed by atoms with E-state index in [1.807, 2.05) is 0 Å². The van der Waals surface area contributed by atoms with Crippen LogP contribution in [0.15, 0.2) is 19.0 Å². The number of nitrogens with zero attached hydrogens (tertiary/aromatic N) is 3. The standard InChI is InChI=1S/C3H9N6/c4-7-1-8(5)3-9(6)2-7/h1-3H,4-6H2/q+3. The summed E-state index contributed by atoms with van der Waals surface area (Å²) in [6.45, 7) is 0. The molecule has 0 unspecified atom stereocenters. The van der Waals surface area contributed by atoms with E-state index < -0.39 is 0 Å². The molecular formula is C3H9N6+3. The molecule has 48 valence electrons. The lowest BCUT2D eigenvalue weighted by Gasteiger charge is -1.78. The van der Waals surface area contributed by atoms with Crippen LogP contribution in [0.2, 0.25) is 0 Å². The van der Waals surface area contributed by atoms with Crippen LogP contribution in [0, 0.1) is 0 Å². The van der Waals surface area contributed by atoms with Crippen LogP contribution in [0.5, 0.6) is 0 Å².